The van der Waals surface area contributed by atoms with Gasteiger partial charge in [0, 0.05) is 18.2 Å². The zero-order valence-corrected chi connectivity index (χ0v) is 16.1. The van der Waals surface area contributed by atoms with E-state index in [-0.39, 0.29) is 11.2 Å². The lowest BCUT2D eigenvalue weighted by Gasteiger charge is -2.16. The van der Waals surface area contributed by atoms with Crippen molar-refractivity contribution >= 4 is 23.4 Å². The van der Waals surface area contributed by atoms with Crippen LogP contribution in [0.2, 0.25) is 0 Å². The number of nitrogens with one attached hydrogen (secondary N) is 1. The van der Waals surface area contributed by atoms with E-state index in [9.17, 15) is 4.79 Å². The van der Waals surface area contributed by atoms with E-state index in [4.69, 9.17) is 0 Å². The first kappa shape index (κ1) is 18.0. The number of benzene rings is 1. The van der Waals surface area contributed by atoms with Gasteiger partial charge in [0.2, 0.25) is 5.91 Å². The van der Waals surface area contributed by atoms with Gasteiger partial charge in [-0.2, -0.15) is 0 Å². The van der Waals surface area contributed by atoms with Crippen LogP contribution >= 0.6 is 11.8 Å². The van der Waals surface area contributed by atoms with Gasteiger partial charge >= 0.3 is 0 Å². The predicted molar refractivity (Wildman–Crippen MR) is 102 cm³/mol. The number of carbonyl (C=O) groups is 1. The van der Waals surface area contributed by atoms with Crippen molar-refractivity contribution in [3.05, 3.63) is 35.7 Å². The summed E-state index contributed by atoms with van der Waals surface area (Å²) in [6.07, 6.45) is 2.40. The summed E-state index contributed by atoms with van der Waals surface area (Å²) in [5, 5.41) is 12.3. The molecule has 2 aromatic rings. The summed E-state index contributed by atoms with van der Waals surface area (Å²) in [5.41, 5.74) is 2.05. The van der Waals surface area contributed by atoms with Gasteiger partial charge in [-0.15, -0.1) is 10.2 Å². The number of nitrogens with zero attached hydrogens (tertiary/aromatic N) is 3. The molecule has 1 heterocycles. The molecule has 1 atom stereocenters. The van der Waals surface area contributed by atoms with Crippen LogP contribution in [0.3, 0.4) is 0 Å². The fourth-order valence-electron chi connectivity index (χ4n) is 2.89. The molecule has 1 N–H and O–H groups in total. The second kappa shape index (κ2) is 7.60. The molecule has 1 amide bonds. The molecule has 0 saturated heterocycles. The highest BCUT2D eigenvalue weighted by Crippen LogP contribution is 2.40. The first-order valence-electron chi connectivity index (χ1n) is 9.00. The highest BCUT2D eigenvalue weighted by atomic mass is 32.2. The van der Waals surface area contributed by atoms with Crippen molar-refractivity contribution in [2.45, 2.75) is 69.3 Å². The minimum absolute atomic E-state index is 0.00303. The number of hydrogen-bond acceptors (Lipinski definition) is 4. The highest BCUT2D eigenvalue weighted by molar-refractivity contribution is 8.00. The van der Waals surface area contributed by atoms with Crippen LogP contribution in [-0.4, -0.2) is 25.9 Å². The minimum Gasteiger partial charge on any atom is -0.325 e. The summed E-state index contributed by atoms with van der Waals surface area (Å²) < 4.78 is 2.15. The Morgan fingerprint density at radius 3 is 2.64 bits per heavy atom. The third kappa shape index (κ3) is 4.06. The maximum Gasteiger partial charge on any atom is 0.237 e. The summed E-state index contributed by atoms with van der Waals surface area (Å²) in [7, 11) is 0. The zero-order valence-electron chi connectivity index (χ0n) is 15.3. The number of anilines is 1. The Kier molecular flexibility index (Phi) is 5.47. The number of carbonyl (C=O) groups excluding carboxylic acids is 1. The second-order valence-corrected chi connectivity index (χ2v) is 8.16. The minimum atomic E-state index is -0.234. The first-order valence-corrected chi connectivity index (χ1v) is 9.88. The Hall–Kier alpha value is -1.82. The SMILES string of the molecule is CCn1c(S[C@@H](C)C(=O)Nc2ccccc2C(C)C)nnc1C1CC1. The summed E-state index contributed by atoms with van der Waals surface area (Å²) in [6.45, 7) is 9.12. The number of amides is 1. The summed E-state index contributed by atoms with van der Waals surface area (Å²) in [4.78, 5) is 12.7. The lowest BCUT2D eigenvalue weighted by molar-refractivity contribution is -0.115. The molecule has 5 nitrogen and oxygen atoms in total. The molecule has 1 saturated carbocycles. The number of hydrogen-bond donors (Lipinski definition) is 1. The van der Waals surface area contributed by atoms with E-state index in [0.717, 1.165) is 28.8 Å². The molecular weight excluding hydrogens is 332 g/mol. The Labute approximate surface area is 153 Å². The molecule has 1 aliphatic rings. The standard InChI is InChI=1S/C19H26N4OS/c1-5-23-17(14-10-11-14)21-22-19(23)25-13(4)18(24)20-16-9-7-6-8-15(16)12(2)3/h6-9,12-14H,5,10-11H2,1-4H3,(H,20,24)/t13-/m0/s1. The Morgan fingerprint density at radius 2 is 2.00 bits per heavy atom. The smallest absolute Gasteiger partial charge is 0.237 e. The molecule has 3 rings (SSSR count). The maximum absolute atomic E-state index is 12.7. The first-order chi connectivity index (χ1) is 12.0. The molecule has 0 aliphatic heterocycles. The van der Waals surface area contributed by atoms with Crippen molar-refractivity contribution in [3.8, 4) is 0 Å². The normalized spacial score (nSPS) is 15.4. The van der Waals surface area contributed by atoms with Crippen molar-refractivity contribution in [1.82, 2.24) is 14.8 Å². The molecular formula is C19H26N4OS. The highest BCUT2D eigenvalue weighted by Gasteiger charge is 2.30. The Morgan fingerprint density at radius 1 is 1.28 bits per heavy atom. The molecule has 1 aromatic carbocycles. The monoisotopic (exact) mass is 358 g/mol. The van der Waals surface area contributed by atoms with Gasteiger partial charge in [0.05, 0.1) is 5.25 Å². The van der Waals surface area contributed by atoms with Gasteiger partial charge in [-0.1, -0.05) is 43.8 Å². The average Bonchev–Trinajstić information content (AvgIpc) is 3.36. The zero-order chi connectivity index (χ0) is 18.0. The van der Waals surface area contributed by atoms with Crippen molar-refractivity contribution in [2.75, 3.05) is 5.32 Å². The topological polar surface area (TPSA) is 59.8 Å². The maximum atomic E-state index is 12.7. The van der Waals surface area contributed by atoms with E-state index >= 15 is 0 Å². The second-order valence-electron chi connectivity index (χ2n) is 6.85. The lowest BCUT2D eigenvalue weighted by atomic mass is 10.0. The van der Waals surface area contributed by atoms with E-state index < -0.39 is 0 Å². The summed E-state index contributed by atoms with van der Waals surface area (Å²) >= 11 is 1.48. The number of rotatable bonds is 7. The van der Waals surface area contributed by atoms with Crippen LogP contribution in [0.4, 0.5) is 5.69 Å². The van der Waals surface area contributed by atoms with Crippen LogP contribution in [0.15, 0.2) is 29.4 Å². The molecule has 0 unspecified atom stereocenters. The van der Waals surface area contributed by atoms with Gasteiger partial charge in [-0.3, -0.25) is 4.79 Å². The van der Waals surface area contributed by atoms with Crippen LogP contribution in [0.25, 0.3) is 0 Å². The molecule has 6 heteroatoms. The van der Waals surface area contributed by atoms with E-state index in [1.807, 2.05) is 25.1 Å². The molecule has 1 fully saturated rings. The Bertz CT molecular complexity index is 752. The number of thioether (sulfide) groups is 1. The van der Waals surface area contributed by atoms with Gasteiger partial charge in [0.25, 0.3) is 0 Å². The van der Waals surface area contributed by atoms with Crippen molar-refractivity contribution in [3.63, 3.8) is 0 Å². The molecule has 1 aliphatic carbocycles. The molecule has 0 bridgehead atoms. The fourth-order valence-corrected chi connectivity index (χ4v) is 3.81. The molecule has 0 radical (unpaired) electrons. The van der Waals surface area contributed by atoms with Gasteiger partial charge in [-0.05, 0) is 44.2 Å². The van der Waals surface area contributed by atoms with Crippen LogP contribution in [0.1, 0.15) is 63.8 Å². The van der Waals surface area contributed by atoms with E-state index in [2.05, 4.69) is 46.9 Å². The molecule has 0 spiro atoms. The van der Waals surface area contributed by atoms with Gasteiger partial charge < -0.3 is 9.88 Å². The van der Waals surface area contributed by atoms with Crippen molar-refractivity contribution in [2.24, 2.45) is 0 Å². The van der Waals surface area contributed by atoms with Crippen LogP contribution in [-0.2, 0) is 11.3 Å². The van der Waals surface area contributed by atoms with Crippen molar-refractivity contribution in [1.29, 1.82) is 0 Å². The summed E-state index contributed by atoms with van der Waals surface area (Å²) in [6, 6.07) is 7.99. The lowest BCUT2D eigenvalue weighted by Crippen LogP contribution is -2.23. The summed E-state index contributed by atoms with van der Waals surface area (Å²) in [5.74, 6) is 1.99. The van der Waals surface area contributed by atoms with Crippen molar-refractivity contribution < 1.29 is 4.79 Å². The Balaban J connectivity index is 1.69. The van der Waals surface area contributed by atoms with E-state index in [0.29, 0.717) is 11.8 Å². The number of para-hydroxylation sites is 1. The quantitative estimate of drug-likeness (QED) is 0.744. The predicted octanol–water partition coefficient (Wildman–Crippen LogP) is 4.42. The average molecular weight is 359 g/mol. The van der Waals surface area contributed by atoms with E-state index in [1.54, 1.807) is 0 Å². The van der Waals surface area contributed by atoms with Crippen LogP contribution in [0.5, 0.6) is 0 Å². The van der Waals surface area contributed by atoms with Crippen LogP contribution < -0.4 is 5.32 Å². The van der Waals surface area contributed by atoms with Gasteiger partial charge in [0.1, 0.15) is 5.82 Å². The van der Waals surface area contributed by atoms with E-state index in [1.165, 1.54) is 24.6 Å². The fraction of sp³-hybridized carbons (Fsp3) is 0.526. The molecule has 25 heavy (non-hydrogen) atoms. The largest absolute Gasteiger partial charge is 0.325 e. The van der Waals surface area contributed by atoms with Crippen LogP contribution in [0, 0.1) is 0 Å². The molecule has 1 aromatic heterocycles. The third-order valence-electron chi connectivity index (χ3n) is 4.50. The third-order valence-corrected chi connectivity index (χ3v) is 5.58. The number of aromatic nitrogens is 3. The molecule has 134 valence electrons. The van der Waals surface area contributed by atoms with Gasteiger partial charge in [0.15, 0.2) is 5.16 Å². The van der Waals surface area contributed by atoms with Gasteiger partial charge in [-0.25, -0.2) is 0 Å².